The number of hydrogen-bond donors (Lipinski definition) is 0. The lowest BCUT2D eigenvalue weighted by Crippen LogP contribution is -2.33. The van der Waals surface area contributed by atoms with Gasteiger partial charge in [-0.3, -0.25) is 0 Å². The topological polar surface area (TPSA) is 3.24 Å². The van der Waals surface area contributed by atoms with Crippen LogP contribution in [0.2, 0.25) is 0 Å². The van der Waals surface area contributed by atoms with Gasteiger partial charge in [-0.25, -0.2) is 0 Å². The summed E-state index contributed by atoms with van der Waals surface area (Å²) < 4.78 is 0. The van der Waals surface area contributed by atoms with Gasteiger partial charge >= 0.3 is 0 Å². The van der Waals surface area contributed by atoms with Gasteiger partial charge in [0, 0.05) is 6.04 Å². The molecule has 2 fully saturated rings. The summed E-state index contributed by atoms with van der Waals surface area (Å²) in [5.41, 5.74) is 0. The van der Waals surface area contributed by atoms with E-state index in [0.717, 1.165) is 17.9 Å². The molecule has 2 atom stereocenters. The molecule has 0 radical (unpaired) electrons. The van der Waals surface area contributed by atoms with Crippen molar-refractivity contribution in [2.45, 2.75) is 45.6 Å². The first kappa shape index (κ1) is 8.55. The predicted molar refractivity (Wildman–Crippen MR) is 52.2 cm³/mol. The summed E-state index contributed by atoms with van der Waals surface area (Å²) >= 11 is 0. The minimum Gasteiger partial charge on any atom is -0.301 e. The van der Waals surface area contributed by atoms with Crippen LogP contribution in [0.3, 0.4) is 0 Å². The first-order valence-corrected chi connectivity index (χ1v) is 5.51. The highest BCUT2D eigenvalue weighted by molar-refractivity contribution is 4.88. The Morgan fingerprint density at radius 2 is 1.83 bits per heavy atom. The SMILES string of the molecule is CC(C)N1CCCC2CC2CC1. The van der Waals surface area contributed by atoms with E-state index in [-0.39, 0.29) is 0 Å². The maximum Gasteiger partial charge on any atom is 0.00385 e. The zero-order valence-corrected chi connectivity index (χ0v) is 8.42. The highest BCUT2D eigenvalue weighted by Gasteiger charge is 2.37. The van der Waals surface area contributed by atoms with Crippen LogP contribution in [0, 0.1) is 11.8 Å². The fraction of sp³-hybridized carbons (Fsp3) is 1.00. The second-order valence-electron chi connectivity index (χ2n) is 4.82. The number of rotatable bonds is 1. The minimum atomic E-state index is 0.764. The molecule has 12 heavy (non-hydrogen) atoms. The first-order chi connectivity index (χ1) is 5.77. The fourth-order valence-electron chi connectivity index (χ4n) is 2.53. The van der Waals surface area contributed by atoms with E-state index in [0.29, 0.717) is 0 Å². The lowest BCUT2D eigenvalue weighted by atomic mass is 10.1. The molecule has 1 nitrogen and oxygen atoms in total. The van der Waals surface area contributed by atoms with Gasteiger partial charge in [-0.1, -0.05) is 0 Å². The van der Waals surface area contributed by atoms with Crippen molar-refractivity contribution in [2.75, 3.05) is 13.1 Å². The van der Waals surface area contributed by atoms with E-state index < -0.39 is 0 Å². The number of likely N-dealkylation sites (tertiary alicyclic amines) is 1. The minimum absolute atomic E-state index is 0.764. The number of hydrogen-bond acceptors (Lipinski definition) is 1. The van der Waals surface area contributed by atoms with Crippen molar-refractivity contribution in [1.82, 2.24) is 4.90 Å². The van der Waals surface area contributed by atoms with Crippen LogP contribution in [0.5, 0.6) is 0 Å². The van der Waals surface area contributed by atoms with Crippen LogP contribution in [0.15, 0.2) is 0 Å². The molecule has 0 aromatic carbocycles. The average Bonchev–Trinajstić information content (AvgIpc) is 2.66. The van der Waals surface area contributed by atoms with Gasteiger partial charge < -0.3 is 4.90 Å². The molecule has 0 N–H and O–H groups in total. The van der Waals surface area contributed by atoms with Crippen molar-refractivity contribution in [1.29, 1.82) is 0 Å². The fourth-order valence-corrected chi connectivity index (χ4v) is 2.53. The number of nitrogens with zero attached hydrogens (tertiary/aromatic N) is 1. The van der Waals surface area contributed by atoms with Crippen LogP contribution in [0.1, 0.15) is 39.5 Å². The maximum atomic E-state index is 2.65. The zero-order valence-electron chi connectivity index (χ0n) is 8.42. The zero-order chi connectivity index (χ0) is 8.55. The van der Waals surface area contributed by atoms with Crippen LogP contribution in [-0.4, -0.2) is 24.0 Å². The Kier molecular flexibility index (Phi) is 2.40. The van der Waals surface area contributed by atoms with Gasteiger partial charge in [0.1, 0.15) is 0 Å². The molecule has 0 aromatic rings. The summed E-state index contributed by atoms with van der Waals surface area (Å²) in [7, 11) is 0. The van der Waals surface area contributed by atoms with Crippen molar-refractivity contribution < 1.29 is 0 Å². The van der Waals surface area contributed by atoms with Crippen LogP contribution in [0.25, 0.3) is 0 Å². The Morgan fingerprint density at radius 1 is 1.08 bits per heavy atom. The molecule has 2 aliphatic rings. The first-order valence-electron chi connectivity index (χ1n) is 5.51. The summed E-state index contributed by atoms with van der Waals surface area (Å²) in [6.45, 7) is 7.36. The van der Waals surface area contributed by atoms with Gasteiger partial charge in [-0.05, 0) is 64.5 Å². The molecule has 1 aliphatic heterocycles. The van der Waals surface area contributed by atoms with E-state index in [1.807, 2.05) is 0 Å². The molecule has 0 spiro atoms. The molecule has 2 unspecified atom stereocenters. The van der Waals surface area contributed by atoms with Gasteiger partial charge in [-0.2, -0.15) is 0 Å². The summed E-state index contributed by atoms with van der Waals surface area (Å²) in [5.74, 6) is 2.26. The van der Waals surface area contributed by atoms with Gasteiger partial charge in [0.05, 0.1) is 0 Å². The van der Waals surface area contributed by atoms with Gasteiger partial charge in [-0.15, -0.1) is 0 Å². The molecule has 1 saturated carbocycles. The molecule has 70 valence electrons. The lowest BCUT2D eigenvalue weighted by molar-refractivity contribution is 0.199. The standard InChI is InChI=1S/C11H21N/c1-9(2)12-6-3-4-10-8-11(10)5-7-12/h9-11H,3-8H2,1-2H3. The summed E-state index contributed by atoms with van der Waals surface area (Å²) in [6.07, 6.45) is 5.97. The van der Waals surface area contributed by atoms with Crippen molar-refractivity contribution in [3.8, 4) is 0 Å². The van der Waals surface area contributed by atoms with E-state index in [4.69, 9.17) is 0 Å². The molecule has 1 saturated heterocycles. The second-order valence-corrected chi connectivity index (χ2v) is 4.82. The van der Waals surface area contributed by atoms with E-state index in [1.54, 1.807) is 6.42 Å². The smallest absolute Gasteiger partial charge is 0.00385 e. The third-order valence-corrected chi connectivity index (χ3v) is 3.61. The van der Waals surface area contributed by atoms with E-state index >= 15 is 0 Å². The third kappa shape index (κ3) is 1.82. The normalized spacial score (nSPS) is 37.2. The Hall–Kier alpha value is -0.0400. The molecule has 2 rings (SSSR count). The third-order valence-electron chi connectivity index (χ3n) is 3.61. The van der Waals surface area contributed by atoms with E-state index in [1.165, 1.54) is 32.4 Å². The molecule has 0 amide bonds. The summed E-state index contributed by atoms with van der Waals surface area (Å²) in [6, 6.07) is 0.764. The average molecular weight is 167 g/mol. The monoisotopic (exact) mass is 167 g/mol. The Balaban J connectivity index is 1.83. The van der Waals surface area contributed by atoms with Crippen molar-refractivity contribution in [3.05, 3.63) is 0 Å². The molecular weight excluding hydrogens is 146 g/mol. The van der Waals surface area contributed by atoms with Gasteiger partial charge in [0.2, 0.25) is 0 Å². The van der Waals surface area contributed by atoms with Crippen molar-refractivity contribution in [3.63, 3.8) is 0 Å². The molecular formula is C11H21N. The molecule has 1 heterocycles. The van der Waals surface area contributed by atoms with Crippen LogP contribution < -0.4 is 0 Å². The Bertz CT molecular complexity index is 153. The van der Waals surface area contributed by atoms with Gasteiger partial charge in [0.15, 0.2) is 0 Å². The van der Waals surface area contributed by atoms with E-state index in [2.05, 4.69) is 18.7 Å². The van der Waals surface area contributed by atoms with Crippen LogP contribution >= 0.6 is 0 Å². The molecule has 1 aliphatic carbocycles. The van der Waals surface area contributed by atoms with Gasteiger partial charge in [0.25, 0.3) is 0 Å². The maximum absolute atomic E-state index is 2.65. The van der Waals surface area contributed by atoms with Crippen molar-refractivity contribution in [2.24, 2.45) is 11.8 Å². The largest absolute Gasteiger partial charge is 0.301 e. The molecule has 0 bridgehead atoms. The predicted octanol–water partition coefficient (Wildman–Crippen LogP) is 2.52. The van der Waals surface area contributed by atoms with Crippen LogP contribution in [0.4, 0.5) is 0 Å². The molecule has 1 heteroatoms. The van der Waals surface area contributed by atoms with Crippen LogP contribution in [-0.2, 0) is 0 Å². The lowest BCUT2D eigenvalue weighted by Gasteiger charge is -2.27. The Morgan fingerprint density at radius 3 is 2.58 bits per heavy atom. The highest BCUT2D eigenvalue weighted by Crippen LogP contribution is 2.45. The highest BCUT2D eigenvalue weighted by atomic mass is 15.1. The second kappa shape index (κ2) is 3.37. The van der Waals surface area contributed by atoms with Crippen molar-refractivity contribution >= 4 is 0 Å². The quantitative estimate of drug-likeness (QED) is 0.580. The van der Waals surface area contributed by atoms with E-state index in [9.17, 15) is 0 Å². The summed E-state index contributed by atoms with van der Waals surface area (Å²) in [4.78, 5) is 2.65. The number of fused-ring (bicyclic) bond motifs is 1. The molecule has 0 aromatic heterocycles. The summed E-state index contributed by atoms with van der Waals surface area (Å²) in [5, 5.41) is 0. The Labute approximate surface area is 76.1 Å².